The van der Waals surface area contributed by atoms with E-state index in [0.717, 1.165) is 17.1 Å². The molecular weight excluding hydrogens is 236 g/mol. The van der Waals surface area contributed by atoms with Gasteiger partial charge in [0, 0.05) is 0 Å². The van der Waals surface area contributed by atoms with Crippen LogP contribution in [-0.2, 0) is 0 Å². The molecule has 2 N–H and O–H groups in total. The highest BCUT2D eigenvalue weighted by atomic mass is 35.5. The molecule has 86 valence electrons. The summed E-state index contributed by atoms with van der Waals surface area (Å²) < 4.78 is 1.69. The molecule has 0 aliphatic rings. The van der Waals surface area contributed by atoms with Crippen molar-refractivity contribution in [3.63, 3.8) is 0 Å². The van der Waals surface area contributed by atoms with E-state index in [2.05, 4.69) is 5.10 Å². The van der Waals surface area contributed by atoms with Crippen LogP contribution in [0.1, 0.15) is 17.0 Å². The summed E-state index contributed by atoms with van der Waals surface area (Å²) >= 11 is 6.12. The van der Waals surface area contributed by atoms with Crippen LogP contribution in [0.3, 0.4) is 0 Å². The van der Waals surface area contributed by atoms with E-state index in [4.69, 9.17) is 22.6 Å². The Labute approximate surface area is 104 Å². The molecule has 0 aliphatic heterocycles. The van der Waals surface area contributed by atoms with Gasteiger partial charge in [0.1, 0.15) is 0 Å². The first kappa shape index (κ1) is 11.5. The zero-order chi connectivity index (χ0) is 12.6. The van der Waals surface area contributed by atoms with Gasteiger partial charge >= 0.3 is 0 Å². The summed E-state index contributed by atoms with van der Waals surface area (Å²) in [6, 6.07) is 7.12. The molecular formula is C12H11ClN4. The zero-order valence-electron chi connectivity index (χ0n) is 9.53. The van der Waals surface area contributed by atoms with Crippen molar-refractivity contribution in [3.8, 4) is 11.8 Å². The summed E-state index contributed by atoms with van der Waals surface area (Å²) in [4.78, 5) is 0. The van der Waals surface area contributed by atoms with Gasteiger partial charge in [-0.2, -0.15) is 10.4 Å². The average Bonchev–Trinajstić information content (AvgIpc) is 2.57. The highest BCUT2D eigenvalue weighted by Gasteiger charge is 2.12. The predicted molar refractivity (Wildman–Crippen MR) is 67.2 cm³/mol. The largest absolute Gasteiger partial charge is 0.396 e. The molecule has 17 heavy (non-hydrogen) atoms. The van der Waals surface area contributed by atoms with Gasteiger partial charge in [0.2, 0.25) is 0 Å². The molecule has 0 aliphatic carbocycles. The fourth-order valence-corrected chi connectivity index (χ4v) is 1.90. The van der Waals surface area contributed by atoms with E-state index in [0.29, 0.717) is 16.3 Å². The van der Waals surface area contributed by atoms with E-state index in [1.165, 1.54) is 0 Å². The first-order valence-electron chi connectivity index (χ1n) is 5.06. The Morgan fingerprint density at radius 2 is 2.12 bits per heavy atom. The number of nitrogen functional groups attached to an aromatic ring is 1. The summed E-state index contributed by atoms with van der Waals surface area (Å²) in [5, 5.41) is 13.6. The highest BCUT2D eigenvalue weighted by molar-refractivity contribution is 6.32. The van der Waals surface area contributed by atoms with Crippen LogP contribution in [0.25, 0.3) is 5.69 Å². The van der Waals surface area contributed by atoms with Gasteiger partial charge in [-0.1, -0.05) is 11.6 Å². The standard InChI is InChI=1S/C12H11ClN4/c1-7-12(15)8(2)17(16-7)11-4-3-9(6-14)5-10(11)13/h3-5H,15H2,1-2H3. The van der Waals surface area contributed by atoms with Crippen LogP contribution in [0, 0.1) is 25.2 Å². The van der Waals surface area contributed by atoms with E-state index in [9.17, 15) is 0 Å². The van der Waals surface area contributed by atoms with E-state index < -0.39 is 0 Å². The maximum Gasteiger partial charge on any atom is 0.0992 e. The minimum Gasteiger partial charge on any atom is -0.396 e. The molecule has 1 aromatic carbocycles. The lowest BCUT2D eigenvalue weighted by Gasteiger charge is -2.06. The molecule has 1 heterocycles. The van der Waals surface area contributed by atoms with Gasteiger partial charge in [0.25, 0.3) is 0 Å². The van der Waals surface area contributed by atoms with Gasteiger partial charge in [0.15, 0.2) is 0 Å². The molecule has 1 aromatic heterocycles. The first-order chi connectivity index (χ1) is 8.04. The second kappa shape index (κ2) is 4.11. The number of rotatable bonds is 1. The van der Waals surface area contributed by atoms with Crippen LogP contribution < -0.4 is 5.73 Å². The lowest BCUT2D eigenvalue weighted by atomic mass is 10.2. The summed E-state index contributed by atoms with van der Waals surface area (Å²) in [7, 11) is 0. The number of anilines is 1. The quantitative estimate of drug-likeness (QED) is 0.841. The maximum atomic E-state index is 8.78. The second-order valence-electron chi connectivity index (χ2n) is 3.77. The van der Waals surface area contributed by atoms with Crippen LogP contribution in [0.5, 0.6) is 0 Å². The number of nitrogens with zero attached hydrogens (tertiary/aromatic N) is 3. The van der Waals surface area contributed by atoms with Crippen molar-refractivity contribution in [2.75, 3.05) is 5.73 Å². The van der Waals surface area contributed by atoms with Crippen LogP contribution >= 0.6 is 11.6 Å². The number of benzene rings is 1. The molecule has 5 heteroatoms. The molecule has 4 nitrogen and oxygen atoms in total. The van der Waals surface area contributed by atoms with Crippen LogP contribution in [-0.4, -0.2) is 9.78 Å². The Kier molecular flexibility index (Phi) is 2.78. The topological polar surface area (TPSA) is 67.6 Å². The van der Waals surface area contributed by atoms with Crippen molar-refractivity contribution >= 4 is 17.3 Å². The Hall–Kier alpha value is -1.99. The Balaban J connectivity index is 2.62. The van der Waals surface area contributed by atoms with Crippen molar-refractivity contribution in [1.29, 1.82) is 5.26 Å². The number of nitrogens with two attached hydrogens (primary N) is 1. The van der Waals surface area contributed by atoms with Gasteiger partial charge in [0.05, 0.1) is 39.4 Å². The Morgan fingerprint density at radius 3 is 2.59 bits per heavy atom. The van der Waals surface area contributed by atoms with Crippen molar-refractivity contribution in [1.82, 2.24) is 9.78 Å². The summed E-state index contributed by atoms with van der Waals surface area (Å²) in [5.74, 6) is 0. The highest BCUT2D eigenvalue weighted by Crippen LogP contribution is 2.25. The molecule has 0 amide bonds. The Bertz CT molecular complexity index is 622. The molecule has 0 saturated carbocycles. The SMILES string of the molecule is Cc1nn(-c2ccc(C#N)cc2Cl)c(C)c1N. The van der Waals surface area contributed by atoms with Gasteiger partial charge < -0.3 is 5.73 Å². The second-order valence-corrected chi connectivity index (χ2v) is 4.18. The lowest BCUT2D eigenvalue weighted by Crippen LogP contribution is -2.00. The molecule has 0 spiro atoms. The number of hydrogen-bond acceptors (Lipinski definition) is 3. The smallest absolute Gasteiger partial charge is 0.0992 e. The summed E-state index contributed by atoms with van der Waals surface area (Å²) in [6.07, 6.45) is 0. The van der Waals surface area contributed by atoms with Crippen molar-refractivity contribution < 1.29 is 0 Å². The first-order valence-corrected chi connectivity index (χ1v) is 5.44. The number of halogens is 1. The predicted octanol–water partition coefficient (Wildman–Crippen LogP) is 2.60. The summed E-state index contributed by atoms with van der Waals surface area (Å²) in [6.45, 7) is 3.72. The van der Waals surface area contributed by atoms with Crippen molar-refractivity contribution in [2.24, 2.45) is 0 Å². The van der Waals surface area contributed by atoms with E-state index in [1.54, 1.807) is 22.9 Å². The van der Waals surface area contributed by atoms with E-state index in [-0.39, 0.29) is 0 Å². The average molecular weight is 247 g/mol. The number of nitriles is 1. The minimum absolute atomic E-state index is 0.481. The van der Waals surface area contributed by atoms with Crippen LogP contribution in [0.4, 0.5) is 5.69 Å². The molecule has 0 radical (unpaired) electrons. The van der Waals surface area contributed by atoms with Gasteiger partial charge in [-0.25, -0.2) is 4.68 Å². The van der Waals surface area contributed by atoms with Crippen molar-refractivity contribution in [2.45, 2.75) is 13.8 Å². The van der Waals surface area contributed by atoms with Gasteiger partial charge in [-0.15, -0.1) is 0 Å². The molecule has 0 atom stereocenters. The molecule has 0 fully saturated rings. The fourth-order valence-electron chi connectivity index (χ4n) is 1.64. The lowest BCUT2D eigenvalue weighted by molar-refractivity contribution is 0.834. The van der Waals surface area contributed by atoms with Crippen LogP contribution in [0.15, 0.2) is 18.2 Å². The number of hydrogen-bond donors (Lipinski definition) is 1. The van der Waals surface area contributed by atoms with Crippen molar-refractivity contribution in [3.05, 3.63) is 40.2 Å². The van der Waals surface area contributed by atoms with Crippen LogP contribution in [0.2, 0.25) is 5.02 Å². The molecule has 0 saturated heterocycles. The zero-order valence-corrected chi connectivity index (χ0v) is 10.3. The Morgan fingerprint density at radius 1 is 1.41 bits per heavy atom. The molecule has 0 unspecified atom stereocenters. The third-order valence-electron chi connectivity index (χ3n) is 2.65. The number of aryl methyl sites for hydroxylation is 1. The third kappa shape index (κ3) is 1.85. The van der Waals surface area contributed by atoms with E-state index in [1.807, 2.05) is 19.9 Å². The summed E-state index contributed by atoms with van der Waals surface area (Å²) in [5.41, 5.74) is 9.38. The maximum absolute atomic E-state index is 8.78. The molecule has 2 rings (SSSR count). The normalized spacial score (nSPS) is 10.2. The number of aromatic nitrogens is 2. The van der Waals surface area contributed by atoms with Gasteiger partial charge in [-0.05, 0) is 32.0 Å². The fraction of sp³-hybridized carbons (Fsp3) is 0.167. The molecule has 0 bridgehead atoms. The van der Waals surface area contributed by atoms with E-state index >= 15 is 0 Å². The molecule has 2 aromatic rings. The third-order valence-corrected chi connectivity index (χ3v) is 2.95. The monoisotopic (exact) mass is 246 g/mol. The minimum atomic E-state index is 0.481. The van der Waals surface area contributed by atoms with Gasteiger partial charge in [-0.3, -0.25) is 0 Å².